The van der Waals surface area contributed by atoms with Crippen LogP contribution in [0.4, 0.5) is 9.59 Å². The largest absolute Gasteiger partial charge is 0.451 e. The molecule has 0 aliphatic carbocycles. The average molecular weight is 216 g/mol. The van der Waals surface area contributed by atoms with Crippen LogP contribution in [0, 0.1) is 0 Å². The van der Waals surface area contributed by atoms with Crippen molar-refractivity contribution in [3.8, 4) is 0 Å². The molecule has 0 aromatic heterocycles. The van der Waals surface area contributed by atoms with Gasteiger partial charge < -0.3 is 14.8 Å². The molecule has 0 heterocycles. The molecule has 86 valence electrons. The molecule has 0 fully saturated rings. The van der Waals surface area contributed by atoms with E-state index >= 15 is 0 Å². The zero-order valence-electron chi connectivity index (χ0n) is 9.36. The van der Waals surface area contributed by atoms with Crippen LogP contribution in [0.5, 0.6) is 0 Å². The number of aliphatic imine (C=N–C) groups is 1. The number of carbonyl (C=O) groups excluding carboxylic acids is 2. The first-order valence-electron chi connectivity index (χ1n) is 4.42. The molecule has 0 bridgehead atoms. The summed E-state index contributed by atoms with van der Waals surface area (Å²) in [6.07, 6.45) is -0.0322. The van der Waals surface area contributed by atoms with E-state index < -0.39 is 17.8 Å². The minimum Gasteiger partial charge on any atom is -0.451 e. The quantitative estimate of drug-likeness (QED) is 0.707. The predicted octanol–water partition coefficient (Wildman–Crippen LogP) is 1.35. The molecule has 6 heteroatoms. The third-order valence-corrected chi connectivity index (χ3v) is 1.11. The van der Waals surface area contributed by atoms with Crippen LogP contribution >= 0.6 is 0 Å². The maximum Gasteiger partial charge on any atom is 0.433 e. The Morgan fingerprint density at radius 1 is 1.40 bits per heavy atom. The highest BCUT2D eigenvalue weighted by Gasteiger charge is 2.14. The van der Waals surface area contributed by atoms with E-state index in [1.807, 2.05) is 0 Å². The fraction of sp³-hybridized carbons (Fsp3) is 0.667. The lowest BCUT2D eigenvalue weighted by Crippen LogP contribution is -2.33. The second-order valence-electron chi connectivity index (χ2n) is 3.66. The number of alkyl carbamates (subject to hydrolysis) is 1. The van der Waals surface area contributed by atoms with Crippen LogP contribution in [0.1, 0.15) is 20.8 Å². The topological polar surface area (TPSA) is 77.0 Å². The Bertz CT molecular complexity index is 255. The molecule has 0 spiro atoms. The molecule has 0 aliphatic rings. The number of nitrogens with one attached hydrogen (secondary N) is 1. The van der Waals surface area contributed by atoms with Gasteiger partial charge in [0.25, 0.3) is 0 Å². The standard InChI is InChI=1S/C9H16N2O4/c1-9(2,3)15-8(13)11-6-5-10-7(12)14-4/h5H,6H2,1-4H3,(H,11,13)/b10-5-. The Kier molecular flexibility index (Phi) is 5.36. The molecule has 6 nitrogen and oxygen atoms in total. The van der Waals surface area contributed by atoms with Gasteiger partial charge in [0.1, 0.15) is 5.60 Å². The predicted molar refractivity (Wildman–Crippen MR) is 55.1 cm³/mol. The fourth-order valence-corrected chi connectivity index (χ4v) is 0.616. The van der Waals surface area contributed by atoms with Crippen molar-refractivity contribution < 1.29 is 19.1 Å². The number of rotatable bonds is 2. The molecule has 0 aliphatic heterocycles. The van der Waals surface area contributed by atoms with Gasteiger partial charge in [-0.2, -0.15) is 4.99 Å². The first kappa shape index (κ1) is 13.4. The highest BCUT2D eigenvalue weighted by molar-refractivity contribution is 5.81. The molecule has 0 rings (SSSR count). The summed E-state index contributed by atoms with van der Waals surface area (Å²) in [5.74, 6) is 0. The Morgan fingerprint density at radius 3 is 2.47 bits per heavy atom. The van der Waals surface area contributed by atoms with Crippen molar-refractivity contribution in [3.05, 3.63) is 0 Å². The van der Waals surface area contributed by atoms with Gasteiger partial charge in [-0.1, -0.05) is 0 Å². The Balaban J connectivity index is 3.74. The van der Waals surface area contributed by atoms with E-state index in [-0.39, 0.29) is 6.54 Å². The fourth-order valence-electron chi connectivity index (χ4n) is 0.616. The third kappa shape index (κ3) is 8.73. The number of hydrogen-bond acceptors (Lipinski definition) is 4. The molecule has 2 amide bonds. The van der Waals surface area contributed by atoms with Gasteiger partial charge >= 0.3 is 12.2 Å². The van der Waals surface area contributed by atoms with Crippen LogP contribution in [-0.4, -0.2) is 37.7 Å². The second kappa shape index (κ2) is 6.00. The maximum atomic E-state index is 11.1. The summed E-state index contributed by atoms with van der Waals surface area (Å²) >= 11 is 0. The Hall–Kier alpha value is -1.59. The number of methoxy groups -OCH3 is 1. The van der Waals surface area contributed by atoms with E-state index in [0.717, 1.165) is 0 Å². The van der Waals surface area contributed by atoms with E-state index in [4.69, 9.17) is 4.74 Å². The summed E-state index contributed by atoms with van der Waals surface area (Å²) in [7, 11) is 1.22. The van der Waals surface area contributed by atoms with Crippen molar-refractivity contribution in [1.29, 1.82) is 0 Å². The number of hydrogen-bond donors (Lipinski definition) is 1. The van der Waals surface area contributed by atoms with Gasteiger partial charge in [-0.3, -0.25) is 0 Å². The van der Waals surface area contributed by atoms with Crippen molar-refractivity contribution >= 4 is 18.4 Å². The molecule has 0 unspecified atom stereocenters. The summed E-state index contributed by atoms with van der Waals surface area (Å²) in [6, 6.07) is 0. The van der Waals surface area contributed by atoms with Crippen molar-refractivity contribution in [2.45, 2.75) is 26.4 Å². The van der Waals surface area contributed by atoms with Crippen LogP contribution in [0.3, 0.4) is 0 Å². The van der Waals surface area contributed by atoms with Crippen molar-refractivity contribution in [2.75, 3.05) is 13.7 Å². The van der Waals surface area contributed by atoms with Crippen LogP contribution in [0.15, 0.2) is 4.99 Å². The minimum absolute atomic E-state index is 0.115. The first-order valence-corrected chi connectivity index (χ1v) is 4.42. The molecule has 1 N–H and O–H groups in total. The molecular formula is C9H16N2O4. The summed E-state index contributed by atoms with van der Waals surface area (Å²) in [6.45, 7) is 5.39. The van der Waals surface area contributed by atoms with Gasteiger partial charge in [0.05, 0.1) is 13.7 Å². The summed E-state index contributed by atoms with van der Waals surface area (Å²) in [5.41, 5.74) is -0.538. The van der Waals surface area contributed by atoms with Crippen LogP contribution in [0.2, 0.25) is 0 Å². The molecule has 0 saturated carbocycles. The molecule has 0 radical (unpaired) electrons. The number of carbonyl (C=O) groups is 2. The molecule has 0 atom stereocenters. The lowest BCUT2D eigenvalue weighted by atomic mass is 10.2. The maximum absolute atomic E-state index is 11.1. The van der Waals surface area contributed by atoms with E-state index in [1.165, 1.54) is 13.3 Å². The Morgan fingerprint density at radius 2 is 2.00 bits per heavy atom. The van der Waals surface area contributed by atoms with E-state index in [2.05, 4.69) is 15.0 Å². The summed E-state index contributed by atoms with van der Waals surface area (Å²) in [4.78, 5) is 24.9. The van der Waals surface area contributed by atoms with Crippen molar-refractivity contribution in [2.24, 2.45) is 4.99 Å². The van der Waals surface area contributed by atoms with Crippen LogP contribution in [0.25, 0.3) is 0 Å². The lowest BCUT2D eigenvalue weighted by molar-refractivity contribution is 0.0536. The van der Waals surface area contributed by atoms with Gasteiger partial charge in [0, 0.05) is 6.21 Å². The highest BCUT2D eigenvalue weighted by atomic mass is 16.6. The molecule has 0 saturated heterocycles. The summed E-state index contributed by atoms with van der Waals surface area (Å²) in [5, 5.41) is 2.40. The zero-order chi connectivity index (χ0) is 11.9. The van der Waals surface area contributed by atoms with Gasteiger partial charge in [-0.05, 0) is 20.8 Å². The zero-order valence-corrected chi connectivity index (χ0v) is 9.36. The number of nitrogens with zero attached hydrogens (tertiary/aromatic N) is 1. The SMILES string of the molecule is COC(=O)/N=C\CNC(=O)OC(C)(C)C. The van der Waals surface area contributed by atoms with E-state index in [1.54, 1.807) is 20.8 Å². The first-order chi connectivity index (χ1) is 6.85. The van der Waals surface area contributed by atoms with Gasteiger partial charge in [-0.25, -0.2) is 9.59 Å². The van der Waals surface area contributed by atoms with E-state index in [0.29, 0.717) is 0 Å². The highest BCUT2D eigenvalue weighted by Crippen LogP contribution is 2.05. The number of ether oxygens (including phenoxy) is 2. The van der Waals surface area contributed by atoms with Crippen molar-refractivity contribution in [1.82, 2.24) is 5.32 Å². The van der Waals surface area contributed by atoms with Gasteiger partial charge in [-0.15, -0.1) is 0 Å². The van der Waals surface area contributed by atoms with Crippen LogP contribution in [-0.2, 0) is 9.47 Å². The normalized spacial score (nSPS) is 11.2. The molecular weight excluding hydrogens is 200 g/mol. The smallest absolute Gasteiger partial charge is 0.433 e. The lowest BCUT2D eigenvalue weighted by Gasteiger charge is -2.19. The Labute approximate surface area is 88.7 Å². The third-order valence-electron chi connectivity index (χ3n) is 1.11. The van der Waals surface area contributed by atoms with E-state index in [9.17, 15) is 9.59 Å². The summed E-state index contributed by atoms with van der Waals surface area (Å²) < 4.78 is 9.20. The minimum atomic E-state index is -0.707. The van der Waals surface area contributed by atoms with Crippen molar-refractivity contribution in [3.63, 3.8) is 0 Å². The van der Waals surface area contributed by atoms with Crippen LogP contribution < -0.4 is 5.32 Å². The monoisotopic (exact) mass is 216 g/mol. The van der Waals surface area contributed by atoms with Gasteiger partial charge in [0.2, 0.25) is 0 Å². The molecule has 15 heavy (non-hydrogen) atoms. The average Bonchev–Trinajstić information content (AvgIpc) is 2.09. The number of amides is 2. The molecule has 0 aromatic carbocycles. The van der Waals surface area contributed by atoms with Gasteiger partial charge in [0.15, 0.2) is 0 Å². The second-order valence-corrected chi connectivity index (χ2v) is 3.66. The molecule has 0 aromatic rings.